The highest BCUT2D eigenvalue weighted by Crippen LogP contribution is 2.30. The summed E-state index contributed by atoms with van der Waals surface area (Å²) in [5.41, 5.74) is 0.541. The van der Waals surface area contributed by atoms with Crippen molar-refractivity contribution in [2.24, 2.45) is 0 Å². The molecule has 142 valence electrons. The summed E-state index contributed by atoms with van der Waals surface area (Å²) in [4.78, 5) is 16.2. The fraction of sp³-hybridized carbons (Fsp3) is 0.278. The molecular formula is C18H17F3N4O2. The van der Waals surface area contributed by atoms with E-state index in [2.05, 4.69) is 15.4 Å². The Labute approximate surface area is 153 Å². The van der Waals surface area contributed by atoms with Crippen LogP contribution in [0.25, 0.3) is 10.9 Å². The predicted octanol–water partition coefficient (Wildman–Crippen LogP) is 4.03. The number of nitrogens with zero attached hydrogens (tertiary/aromatic N) is 3. The molecule has 0 saturated heterocycles. The van der Waals surface area contributed by atoms with Crippen LogP contribution in [0.15, 0.2) is 42.7 Å². The standard InChI is InChI=1S/C18H17F3N4O2/c1-11(2)27-13-3-4-14-15(9-13)25(10-18(19,20)21)24-16(14)23-17(26)12-5-7-22-8-6-12/h3-9,11H,10H2,1-2H3,(H,23,24,26). The zero-order valence-electron chi connectivity index (χ0n) is 14.6. The van der Waals surface area contributed by atoms with Gasteiger partial charge in [0, 0.05) is 29.4 Å². The fourth-order valence-corrected chi connectivity index (χ4v) is 2.56. The van der Waals surface area contributed by atoms with Crippen LogP contribution < -0.4 is 10.1 Å². The number of ether oxygens (including phenoxy) is 1. The molecule has 0 aliphatic carbocycles. The number of aromatic nitrogens is 3. The number of nitrogens with one attached hydrogen (secondary N) is 1. The molecule has 2 aromatic heterocycles. The van der Waals surface area contributed by atoms with E-state index >= 15 is 0 Å². The number of rotatable bonds is 5. The van der Waals surface area contributed by atoms with E-state index in [1.54, 1.807) is 12.1 Å². The number of hydrogen-bond acceptors (Lipinski definition) is 4. The van der Waals surface area contributed by atoms with Gasteiger partial charge in [0.1, 0.15) is 12.3 Å². The van der Waals surface area contributed by atoms with E-state index in [1.807, 2.05) is 13.8 Å². The van der Waals surface area contributed by atoms with Crippen molar-refractivity contribution in [3.63, 3.8) is 0 Å². The average Bonchev–Trinajstić information content (AvgIpc) is 2.90. The lowest BCUT2D eigenvalue weighted by molar-refractivity contribution is -0.141. The second-order valence-electron chi connectivity index (χ2n) is 6.16. The molecule has 3 rings (SSSR count). The molecular weight excluding hydrogens is 361 g/mol. The quantitative estimate of drug-likeness (QED) is 0.728. The zero-order valence-corrected chi connectivity index (χ0v) is 14.6. The summed E-state index contributed by atoms with van der Waals surface area (Å²) in [6, 6.07) is 7.69. The zero-order chi connectivity index (χ0) is 19.6. The largest absolute Gasteiger partial charge is 0.491 e. The Morgan fingerprint density at radius 2 is 1.93 bits per heavy atom. The molecule has 27 heavy (non-hydrogen) atoms. The number of fused-ring (bicyclic) bond motifs is 1. The van der Waals surface area contributed by atoms with Crippen LogP contribution in [-0.2, 0) is 6.54 Å². The SMILES string of the molecule is CC(C)Oc1ccc2c(NC(=O)c3ccncc3)nn(CC(F)(F)F)c2c1. The third kappa shape index (κ3) is 4.55. The number of pyridine rings is 1. The molecule has 2 heterocycles. The van der Waals surface area contributed by atoms with E-state index in [-0.39, 0.29) is 17.4 Å². The minimum atomic E-state index is -4.46. The van der Waals surface area contributed by atoms with Gasteiger partial charge in [-0.05, 0) is 38.1 Å². The second-order valence-corrected chi connectivity index (χ2v) is 6.16. The molecule has 0 fully saturated rings. The van der Waals surface area contributed by atoms with Crippen molar-refractivity contribution >= 4 is 22.6 Å². The molecule has 3 aromatic rings. The smallest absolute Gasteiger partial charge is 0.408 e. The molecule has 6 nitrogen and oxygen atoms in total. The third-order valence-corrected chi connectivity index (χ3v) is 3.60. The topological polar surface area (TPSA) is 69.0 Å². The molecule has 1 N–H and O–H groups in total. The lowest BCUT2D eigenvalue weighted by atomic mass is 10.2. The third-order valence-electron chi connectivity index (χ3n) is 3.60. The van der Waals surface area contributed by atoms with Gasteiger partial charge < -0.3 is 10.1 Å². The van der Waals surface area contributed by atoms with Crippen LogP contribution in [0.1, 0.15) is 24.2 Å². The van der Waals surface area contributed by atoms with Crippen molar-refractivity contribution in [3.8, 4) is 5.75 Å². The molecule has 0 bridgehead atoms. The van der Waals surface area contributed by atoms with E-state index in [0.717, 1.165) is 4.68 Å². The highest BCUT2D eigenvalue weighted by molar-refractivity contribution is 6.08. The summed E-state index contributed by atoms with van der Waals surface area (Å²) in [5.74, 6) is -0.0153. The van der Waals surface area contributed by atoms with Crippen molar-refractivity contribution in [1.82, 2.24) is 14.8 Å². The van der Waals surface area contributed by atoms with E-state index in [1.165, 1.54) is 30.6 Å². The number of alkyl halides is 3. The van der Waals surface area contributed by atoms with Crippen LogP contribution >= 0.6 is 0 Å². The summed E-state index contributed by atoms with van der Waals surface area (Å²) < 4.78 is 45.2. The Balaban J connectivity index is 2.00. The van der Waals surface area contributed by atoms with Gasteiger partial charge in [-0.3, -0.25) is 14.5 Å². The van der Waals surface area contributed by atoms with E-state index < -0.39 is 18.6 Å². The monoisotopic (exact) mass is 378 g/mol. The average molecular weight is 378 g/mol. The van der Waals surface area contributed by atoms with Crippen LogP contribution in [0.2, 0.25) is 0 Å². The van der Waals surface area contributed by atoms with Gasteiger partial charge in [0.15, 0.2) is 5.82 Å². The van der Waals surface area contributed by atoms with Gasteiger partial charge in [-0.15, -0.1) is 0 Å². The Hall–Kier alpha value is -3.10. The number of amides is 1. The Bertz CT molecular complexity index is 952. The number of hydrogen-bond donors (Lipinski definition) is 1. The highest BCUT2D eigenvalue weighted by atomic mass is 19.4. The number of carbonyl (C=O) groups excluding carboxylic acids is 1. The molecule has 9 heteroatoms. The normalized spacial score (nSPS) is 11.8. The Morgan fingerprint density at radius 3 is 2.56 bits per heavy atom. The minimum Gasteiger partial charge on any atom is -0.491 e. The van der Waals surface area contributed by atoms with E-state index in [0.29, 0.717) is 16.7 Å². The van der Waals surface area contributed by atoms with Gasteiger partial charge >= 0.3 is 6.18 Å². The molecule has 0 unspecified atom stereocenters. The maximum atomic E-state index is 12.9. The molecule has 0 aliphatic rings. The van der Waals surface area contributed by atoms with Gasteiger partial charge in [-0.2, -0.15) is 18.3 Å². The molecule has 1 amide bonds. The molecule has 0 aliphatic heterocycles. The first-order chi connectivity index (χ1) is 12.7. The van der Waals surface area contributed by atoms with Crippen LogP contribution in [0.3, 0.4) is 0 Å². The number of anilines is 1. The van der Waals surface area contributed by atoms with E-state index in [4.69, 9.17) is 4.74 Å². The maximum absolute atomic E-state index is 12.9. The molecule has 0 spiro atoms. The summed E-state index contributed by atoms with van der Waals surface area (Å²) in [7, 11) is 0. The summed E-state index contributed by atoms with van der Waals surface area (Å²) in [6.45, 7) is 2.36. The van der Waals surface area contributed by atoms with Crippen LogP contribution in [0.5, 0.6) is 5.75 Å². The van der Waals surface area contributed by atoms with Crippen molar-refractivity contribution in [1.29, 1.82) is 0 Å². The van der Waals surface area contributed by atoms with E-state index in [9.17, 15) is 18.0 Å². The number of carbonyl (C=O) groups is 1. The molecule has 1 aromatic carbocycles. The lowest BCUT2D eigenvalue weighted by Gasteiger charge is -2.11. The number of benzene rings is 1. The van der Waals surface area contributed by atoms with Gasteiger partial charge in [0.05, 0.1) is 11.6 Å². The minimum absolute atomic E-state index is 0.0483. The number of halogens is 3. The van der Waals surface area contributed by atoms with Crippen molar-refractivity contribution in [2.75, 3.05) is 5.32 Å². The second kappa shape index (κ2) is 7.26. The highest BCUT2D eigenvalue weighted by Gasteiger charge is 2.30. The molecule has 0 saturated carbocycles. The Morgan fingerprint density at radius 1 is 1.22 bits per heavy atom. The molecule has 0 atom stereocenters. The summed E-state index contributed by atoms with van der Waals surface area (Å²) in [6.07, 6.45) is -1.69. The van der Waals surface area contributed by atoms with Gasteiger partial charge in [-0.25, -0.2) is 0 Å². The van der Waals surface area contributed by atoms with Crippen molar-refractivity contribution in [3.05, 3.63) is 48.3 Å². The Kier molecular flexibility index (Phi) is 5.02. The van der Waals surface area contributed by atoms with Crippen molar-refractivity contribution in [2.45, 2.75) is 32.7 Å². The van der Waals surface area contributed by atoms with Gasteiger partial charge in [0.25, 0.3) is 5.91 Å². The summed E-state index contributed by atoms with van der Waals surface area (Å²) >= 11 is 0. The van der Waals surface area contributed by atoms with Gasteiger partial charge in [0.2, 0.25) is 0 Å². The molecule has 0 radical (unpaired) electrons. The van der Waals surface area contributed by atoms with Crippen molar-refractivity contribution < 1.29 is 22.7 Å². The van der Waals surface area contributed by atoms with Crippen LogP contribution in [-0.4, -0.2) is 33.0 Å². The van der Waals surface area contributed by atoms with Crippen LogP contribution in [0.4, 0.5) is 19.0 Å². The summed E-state index contributed by atoms with van der Waals surface area (Å²) in [5, 5.41) is 6.90. The van der Waals surface area contributed by atoms with Gasteiger partial charge in [-0.1, -0.05) is 0 Å². The van der Waals surface area contributed by atoms with Crippen LogP contribution in [0, 0.1) is 0 Å². The lowest BCUT2D eigenvalue weighted by Crippen LogP contribution is -2.19. The maximum Gasteiger partial charge on any atom is 0.408 e. The fourth-order valence-electron chi connectivity index (χ4n) is 2.56. The first kappa shape index (κ1) is 18.7. The predicted molar refractivity (Wildman–Crippen MR) is 93.7 cm³/mol. The first-order valence-corrected chi connectivity index (χ1v) is 8.18. The first-order valence-electron chi connectivity index (χ1n) is 8.18.